The molecule has 0 unspecified atom stereocenters. The molecule has 8 nitrogen and oxygen atoms in total. The zero-order chi connectivity index (χ0) is 18.7. The maximum Gasteiger partial charge on any atom is 0.418 e. The van der Waals surface area contributed by atoms with Crippen LogP contribution in [-0.4, -0.2) is 39.4 Å². The lowest BCUT2D eigenvalue weighted by Gasteiger charge is -2.29. The molecule has 1 aromatic heterocycles. The molecule has 2 amide bonds. The van der Waals surface area contributed by atoms with Gasteiger partial charge in [-0.1, -0.05) is 18.2 Å². The predicted octanol–water partition coefficient (Wildman–Crippen LogP) is 3.31. The number of benzene rings is 1. The van der Waals surface area contributed by atoms with Gasteiger partial charge in [-0.25, -0.2) is 9.59 Å². The number of aromatic nitrogens is 2. The summed E-state index contributed by atoms with van der Waals surface area (Å²) in [5.74, 6) is 0.871. The van der Waals surface area contributed by atoms with Crippen LogP contribution in [0, 0.1) is 0 Å². The average molecular weight is 358 g/mol. The Labute approximate surface area is 151 Å². The van der Waals surface area contributed by atoms with Gasteiger partial charge in [-0.3, -0.25) is 10.4 Å². The monoisotopic (exact) mass is 358 g/mol. The van der Waals surface area contributed by atoms with Crippen LogP contribution in [0.4, 0.5) is 15.4 Å². The first-order valence-electron chi connectivity index (χ1n) is 8.40. The molecule has 0 spiro atoms. The van der Waals surface area contributed by atoms with Crippen LogP contribution in [-0.2, 0) is 17.7 Å². The Hall–Kier alpha value is -3.03. The lowest BCUT2D eigenvalue weighted by atomic mass is 10.1. The lowest BCUT2D eigenvalue weighted by molar-refractivity contribution is 0.0221. The second kappa shape index (κ2) is 7.07. The Morgan fingerprint density at radius 1 is 1.23 bits per heavy atom. The molecule has 1 aliphatic rings. The third-order valence-corrected chi connectivity index (χ3v) is 3.76. The number of rotatable bonds is 2. The highest BCUT2D eigenvalue weighted by molar-refractivity contribution is 5.86. The Morgan fingerprint density at radius 2 is 1.96 bits per heavy atom. The maximum atomic E-state index is 12.2. The summed E-state index contributed by atoms with van der Waals surface area (Å²) in [6, 6.07) is 8.79. The molecule has 0 radical (unpaired) electrons. The van der Waals surface area contributed by atoms with E-state index in [2.05, 4.69) is 15.5 Å². The number of H-pyrrole nitrogens is 1. The zero-order valence-electron chi connectivity index (χ0n) is 15.0. The molecule has 1 aliphatic heterocycles. The highest BCUT2D eigenvalue weighted by Crippen LogP contribution is 2.25. The first kappa shape index (κ1) is 17.8. The minimum absolute atomic E-state index is 0.354. The average Bonchev–Trinajstić information content (AvgIpc) is 2.96. The largest absolute Gasteiger partial charge is 0.444 e. The van der Waals surface area contributed by atoms with Crippen molar-refractivity contribution in [2.75, 3.05) is 11.9 Å². The molecule has 0 bridgehead atoms. The van der Waals surface area contributed by atoms with Gasteiger partial charge in [0.05, 0.1) is 12.2 Å². The third kappa shape index (κ3) is 4.33. The molecule has 26 heavy (non-hydrogen) atoms. The summed E-state index contributed by atoms with van der Waals surface area (Å²) in [6.45, 7) is 6.33. The molecule has 0 atom stereocenters. The fraction of sp³-hybridized carbons (Fsp3) is 0.389. The molecular formula is C18H22N4O4. The van der Waals surface area contributed by atoms with E-state index < -0.39 is 11.7 Å². The van der Waals surface area contributed by atoms with E-state index in [-0.39, 0.29) is 6.09 Å². The first-order chi connectivity index (χ1) is 12.3. The predicted molar refractivity (Wildman–Crippen MR) is 95.0 cm³/mol. The smallest absolute Gasteiger partial charge is 0.418 e. The Morgan fingerprint density at radius 3 is 2.65 bits per heavy atom. The van der Waals surface area contributed by atoms with Gasteiger partial charge in [0.1, 0.15) is 11.4 Å². The Balaban J connectivity index is 1.62. The topological polar surface area (TPSA) is 96.6 Å². The summed E-state index contributed by atoms with van der Waals surface area (Å²) in [7, 11) is 0. The van der Waals surface area contributed by atoms with Crippen molar-refractivity contribution in [3.05, 3.63) is 41.6 Å². The van der Waals surface area contributed by atoms with Crippen LogP contribution < -0.4 is 10.1 Å². The molecule has 0 aliphatic carbocycles. The number of carbonyl (C=O) groups is 2. The number of nitrogens with one attached hydrogen (secondary N) is 2. The summed E-state index contributed by atoms with van der Waals surface area (Å²) >= 11 is 0. The van der Waals surface area contributed by atoms with Gasteiger partial charge in [0.2, 0.25) is 0 Å². The van der Waals surface area contributed by atoms with E-state index in [0.29, 0.717) is 31.1 Å². The van der Waals surface area contributed by atoms with E-state index in [0.717, 1.165) is 11.3 Å². The van der Waals surface area contributed by atoms with Crippen LogP contribution in [0.2, 0.25) is 0 Å². The zero-order valence-corrected chi connectivity index (χ0v) is 15.0. The van der Waals surface area contributed by atoms with Crippen molar-refractivity contribution in [1.82, 2.24) is 15.1 Å². The van der Waals surface area contributed by atoms with E-state index in [1.165, 1.54) is 0 Å². The van der Waals surface area contributed by atoms with E-state index in [1.54, 1.807) is 29.2 Å². The summed E-state index contributed by atoms with van der Waals surface area (Å²) in [6.07, 6.45) is -0.415. The third-order valence-electron chi connectivity index (χ3n) is 3.76. The molecule has 2 heterocycles. The van der Waals surface area contributed by atoms with Crippen molar-refractivity contribution in [1.29, 1.82) is 0 Å². The van der Waals surface area contributed by atoms with E-state index in [1.807, 2.05) is 26.8 Å². The summed E-state index contributed by atoms with van der Waals surface area (Å²) in [4.78, 5) is 25.8. The second-order valence-electron chi connectivity index (χ2n) is 7.01. The number of para-hydroxylation sites is 1. The minimum Gasteiger partial charge on any atom is -0.444 e. The van der Waals surface area contributed by atoms with Gasteiger partial charge in [0.15, 0.2) is 5.82 Å². The summed E-state index contributed by atoms with van der Waals surface area (Å²) in [5, 5.41) is 9.65. The number of ether oxygens (including phenoxy) is 2. The van der Waals surface area contributed by atoms with Gasteiger partial charge in [0.25, 0.3) is 0 Å². The van der Waals surface area contributed by atoms with Crippen LogP contribution in [0.3, 0.4) is 0 Å². The van der Waals surface area contributed by atoms with Gasteiger partial charge in [0, 0.05) is 12.1 Å². The highest BCUT2D eigenvalue weighted by Gasteiger charge is 2.28. The molecule has 138 valence electrons. The van der Waals surface area contributed by atoms with Crippen LogP contribution in [0.25, 0.3) is 0 Å². The van der Waals surface area contributed by atoms with Gasteiger partial charge in [-0.05, 0) is 39.3 Å². The molecular weight excluding hydrogens is 336 g/mol. The molecule has 0 fully saturated rings. The highest BCUT2D eigenvalue weighted by atomic mass is 16.6. The SMILES string of the molecule is CC(C)(C)OC(=O)N1CCc2c(NC(=O)Oc3ccccc3)n[nH]c2C1. The molecule has 8 heteroatoms. The molecule has 3 rings (SSSR count). The number of aromatic amines is 1. The second-order valence-corrected chi connectivity index (χ2v) is 7.01. The number of fused-ring (bicyclic) bond motifs is 1. The fourth-order valence-corrected chi connectivity index (χ4v) is 2.62. The number of hydrogen-bond donors (Lipinski definition) is 2. The molecule has 2 N–H and O–H groups in total. The van der Waals surface area contributed by atoms with Crippen LogP contribution in [0.15, 0.2) is 30.3 Å². The number of amides is 2. The van der Waals surface area contributed by atoms with Crippen LogP contribution in [0.1, 0.15) is 32.0 Å². The van der Waals surface area contributed by atoms with E-state index >= 15 is 0 Å². The Kier molecular flexibility index (Phi) is 4.83. The van der Waals surface area contributed by atoms with Gasteiger partial charge < -0.3 is 14.4 Å². The molecule has 2 aromatic rings. The molecule has 1 aromatic carbocycles. The minimum atomic E-state index is -0.611. The lowest BCUT2D eigenvalue weighted by Crippen LogP contribution is -2.40. The normalized spacial score (nSPS) is 13.7. The number of hydrogen-bond acceptors (Lipinski definition) is 5. The Bertz CT molecular complexity index is 795. The maximum absolute atomic E-state index is 12.2. The van der Waals surface area contributed by atoms with Crippen LogP contribution in [0.5, 0.6) is 5.75 Å². The van der Waals surface area contributed by atoms with E-state index in [9.17, 15) is 9.59 Å². The summed E-state index contributed by atoms with van der Waals surface area (Å²) < 4.78 is 10.6. The van der Waals surface area contributed by atoms with Crippen molar-refractivity contribution in [3.8, 4) is 5.75 Å². The summed E-state index contributed by atoms with van der Waals surface area (Å²) in [5.41, 5.74) is 1.10. The number of anilines is 1. The molecule has 0 saturated carbocycles. The van der Waals surface area contributed by atoms with Gasteiger partial charge >= 0.3 is 12.2 Å². The quantitative estimate of drug-likeness (QED) is 0.858. The van der Waals surface area contributed by atoms with Gasteiger partial charge in [-0.2, -0.15) is 5.10 Å². The number of carbonyl (C=O) groups excluding carboxylic acids is 2. The number of nitrogens with zero attached hydrogens (tertiary/aromatic N) is 2. The standard InChI is InChI=1S/C18H22N4O4/c1-18(2,3)26-17(24)22-10-9-13-14(11-22)20-21-15(13)19-16(23)25-12-7-5-4-6-8-12/h4-8H,9-11H2,1-3H3,(H2,19,20,21,23). The molecule has 0 saturated heterocycles. The van der Waals surface area contributed by atoms with E-state index in [4.69, 9.17) is 9.47 Å². The van der Waals surface area contributed by atoms with Crippen LogP contribution >= 0.6 is 0 Å². The van der Waals surface area contributed by atoms with Crippen molar-refractivity contribution in [3.63, 3.8) is 0 Å². The fourth-order valence-electron chi connectivity index (χ4n) is 2.62. The van der Waals surface area contributed by atoms with Crippen molar-refractivity contribution in [2.24, 2.45) is 0 Å². The van der Waals surface area contributed by atoms with Crippen molar-refractivity contribution in [2.45, 2.75) is 39.3 Å². The van der Waals surface area contributed by atoms with Crippen molar-refractivity contribution < 1.29 is 19.1 Å². The first-order valence-corrected chi connectivity index (χ1v) is 8.40. The van der Waals surface area contributed by atoms with Gasteiger partial charge in [-0.15, -0.1) is 0 Å². The van der Waals surface area contributed by atoms with Crippen molar-refractivity contribution >= 4 is 18.0 Å².